The summed E-state index contributed by atoms with van der Waals surface area (Å²) in [6.45, 7) is 10.2. The molecule has 1 heterocycles. The number of rotatable bonds is 6. The molecule has 0 aliphatic heterocycles. The lowest BCUT2D eigenvalue weighted by atomic mass is 10.1. The molecule has 0 saturated carbocycles. The van der Waals surface area contributed by atoms with Gasteiger partial charge in [0.2, 0.25) is 0 Å². The van der Waals surface area contributed by atoms with Gasteiger partial charge < -0.3 is 5.32 Å². The fourth-order valence-electron chi connectivity index (χ4n) is 1.48. The van der Waals surface area contributed by atoms with Crippen molar-refractivity contribution in [2.45, 2.75) is 52.7 Å². The Morgan fingerprint density at radius 3 is 2.62 bits per heavy atom. The van der Waals surface area contributed by atoms with Crippen LogP contribution in [0.3, 0.4) is 0 Å². The molecule has 1 N–H and O–H groups in total. The number of nitrogens with one attached hydrogen (secondary N) is 1. The Hall–Kier alpha value is -0.540. The van der Waals surface area contributed by atoms with Crippen LogP contribution in [0.5, 0.6) is 0 Å². The van der Waals surface area contributed by atoms with E-state index in [1.165, 1.54) is 5.69 Å². The van der Waals surface area contributed by atoms with E-state index in [0.29, 0.717) is 5.88 Å². The van der Waals surface area contributed by atoms with E-state index in [1.54, 1.807) is 0 Å². The summed E-state index contributed by atoms with van der Waals surface area (Å²) in [7, 11) is 0. The minimum atomic E-state index is -0.0310. The van der Waals surface area contributed by atoms with E-state index in [1.807, 2.05) is 0 Å². The van der Waals surface area contributed by atoms with Gasteiger partial charge in [0.05, 0.1) is 11.4 Å². The van der Waals surface area contributed by atoms with Crippen molar-refractivity contribution < 1.29 is 0 Å². The molecule has 0 unspecified atom stereocenters. The van der Waals surface area contributed by atoms with Gasteiger partial charge in [0.25, 0.3) is 0 Å². The molecule has 92 valence electrons. The van der Waals surface area contributed by atoms with E-state index in [4.69, 9.17) is 11.6 Å². The van der Waals surface area contributed by atoms with Crippen LogP contribution in [0.2, 0.25) is 0 Å². The van der Waals surface area contributed by atoms with Crippen molar-refractivity contribution in [2.24, 2.45) is 0 Å². The molecule has 3 nitrogen and oxygen atoms in total. The summed E-state index contributed by atoms with van der Waals surface area (Å²) >= 11 is 5.88. The van der Waals surface area contributed by atoms with Gasteiger partial charge in [-0.05, 0) is 33.3 Å². The highest BCUT2D eigenvalue weighted by Crippen LogP contribution is 2.09. The van der Waals surface area contributed by atoms with Crippen LogP contribution in [-0.4, -0.2) is 21.2 Å². The molecule has 0 atom stereocenters. The molecule has 0 saturated heterocycles. The van der Waals surface area contributed by atoms with Crippen LogP contribution in [0.1, 0.15) is 39.1 Å². The van der Waals surface area contributed by atoms with Crippen molar-refractivity contribution in [3.05, 3.63) is 17.5 Å². The molecule has 1 aromatic rings. The van der Waals surface area contributed by atoms with E-state index >= 15 is 0 Å². The number of aromatic nitrogens is 2. The topological polar surface area (TPSA) is 29.9 Å². The van der Waals surface area contributed by atoms with Gasteiger partial charge in [-0.2, -0.15) is 5.10 Å². The first-order chi connectivity index (χ1) is 7.52. The third-order valence-corrected chi connectivity index (χ3v) is 3.33. The van der Waals surface area contributed by atoms with E-state index in [-0.39, 0.29) is 5.54 Å². The van der Waals surface area contributed by atoms with Crippen LogP contribution in [0.15, 0.2) is 6.07 Å². The Bertz CT molecular complexity index is 331. The van der Waals surface area contributed by atoms with Crippen molar-refractivity contribution in [3.63, 3.8) is 0 Å². The quantitative estimate of drug-likeness (QED) is 0.779. The molecule has 0 spiro atoms. The minimum Gasteiger partial charge on any atom is -0.305 e. The van der Waals surface area contributed by atoms with Crippen LogP contribution in [0.25, 0.3) is 0 Å². The normalized spacial score (nSPS) is 12.1. The van der Waals surface area contributed by atoms with Gasteiger partial charge in [-0.1, -0.05) is 6.92 Å². The molecule has 1 aromatic heterocycles. The SMILES string of the molecule is CCc1cc(CNC(C)(C)CCl)n(CC)n1. The molecule has 0 amide bonds. The highest BCUT2D eigenvalue weighted by Gasteiger charge is 2.16. The van der Waals surface area contributed by atoms with Gasteiger partial charge in [0, 0.05) is 24.5 Å². The van der Waals surface area contributed by atoms with E-state index in [2.05, 4.69) is 48.9 Å². The van der Waals surface area contributed by atoms with Gasteiger partial charge in [0.15, 0.2) is 0 Å². The Morgan fingerprint density at radius 2 is 2.12 bits per heavy atom. The average Bonchev–Trinajstić information content (AvgIpc) is 2.69. The zero-order valence-corrected chi connectivity index (χ0v) is 11.4. The lowest BCUT2D eigenvalue weighted by Crippen LogP contribution is -2.40. The lowest BCUT2D eigenvalue weighted by molar-refractivity contribution is 0.417. The van der Waals surface area contributed by atoms with Gasteiger partial charge >= 0.3 is 0 Å². The highest BCUT2D eigenvalue weighted by molar-refractivity contribution is 6.18. The smallest absolute Gasteiger partial charge is 0.0625 e. The van der Waals surface area contributed by atoms with Crippen molar-refractivity contribution in [2.75, 3.05) is 5.88 Å². The molecular weight excluding hydrogens is 222 g/mol. The van der Waals surface area contributed by atoms with Crippen molar-refractivity contribution in [1.82, 2.24) is 15.1 Å². The maximum Gasteiger partial charge on any atom is 0.0625 e. The summed E-state index contributed by atoms with van der Waals surface area (Å²) < 4.78 is 2.05. The first-order valence-corrected chi connectivity index (χ1v) is 6.42. The Kier molecular flexibility index (Phi) is 4.81. The van der Waals surface area contributed by atoms with Crippen molar-refractivity contribution in [1.29, 1.82) is 0 Å². The van der Waals surface area contributed by atoms with Crippen molar-refractivity contribution in [3.8, 4) is 0 Å². The molecule has 1 rings (SSSR count). The van der Waals surface area contributed by atoms with Crippen LogP contribution in [0.4, 0.5) is 0 Å². The number of halogens is 1. The van der Waals surface area contributed by atoms with Gasteiger partial charge in [0.1, 0.15) is 0 Å². The number of hydrogen-bond donors (Lipinski definition) is 1. The fraction of sp³-hybridized carbons (Fsp3) is 0.750. The summed E-state index contributed by atoms with van der Waals surface area (Å²) in [6.07, 6.45) is 0.985. The highest BCUT2D eigenvalue weighted by atomic mass is 35.5. The number of alkyl halides is 1. The van der Waals surface area contributed by atoms with Crippen molar-refractivity contribution >= 4 is 11.6 Å². The zero-order valence-electron chi connectivity index (χ0n) is 10.7. The number of nitrogens with zero attached hydrogens (tertiary/aromatic N) is 2. The molecule has 16 heavy (non-hydrogen) atoms. The third-order valence-electron chi connectivity index (χ3n) is 2.66. The zero-order chi connectivity index (χ0) is 12.2. The summed E-state index contributed by atoms with van der Waals surface area (Å²) in [5, 5.41) is 7.96. The third kappa shape index (κ3) is 3.49. The lowest BCUT2D eigenvalue weighted by Gasteiger charge is -2.23. The van der Waals surface area contributed by atoms with Gasteiger partial charge in [-0.3, -0.25) is 4.68 Å². The van der Waals surface area contributed by atoms with Gasteiger partial charge in [-0.15, -0.1) is 11.6 Å². The molecular formula is C12H22ClN3. The second-order valence-electron chi connectivity index (χ2n) is 4.67. The van der Waals surface area contributed by atoms with Crippen LogP contribution in [-0.2, 0) is 19.5 Å². The summed E-state index contributed by atoms with van der Waals surface area (Å²) in [5.41, 5.74) is 2.36. The van der Waals surface area contributed by atoms with Crippen LogP contribution < -0.4 is 5.32 Å². The molecule has 0 radical (unpaired) electrons. The summed E-state index contributed by atoms with van der Waals surface area (Å²) in [6, 6.07) is 2.17. The Labute approximate surface area is 103 Å². The monoisotopic (exact) mass is 243 g/mol. The number of hydrogen-bond acceptors (Lipinski definition) is 2. The molecule has 4 heteroatoms. The summed E-state index contributed by atoms with van der Waals surface area (Å²) in [5.74, 6) is 0.605. The van der Waals surface area contributed by atoms with Crippen LogP contribution in [0, 0.1) is 0 Å². The van der Waals surface area contributed by atoms with Crippen LogP contribution >= 0.6 is 11.6 Å². The second kappa shape index (κ2) is 5.69. The minimum absolute atomic E-state index is 0.0310. The first kappa shape index (κ1) is 13.5. The molecule has 0 bridgehead atoms. The van der Waals surface area contributed by atoms with E-state index in [0.717, 1.165) is 25.2 Å². The average molecular weight is 244 g/mol. The Morgan fingerprint density at radius 1 is 1.44 bits per heavy atom. The molecule has 0 aliphatic rings. The van der Waals surface area contributed by atoms with E-state index < -0.39 is 0 Å². The molecule has 0 fully saturated rings. The maximum absolute atomic E-state index is 5.88. The maximum atomic E-state index is 5.88. The van der Waals surface area contributed by atoms with E-state index in [9.17, 15) is 0 Å². The molecule has 0 aliphatic carbocycles. The fourth-order valence-corrected chi connectivity index (χ4v) is 1.58. The standard InChI is InChI=1S/C12H22ClN3/c1-5-10-7-11(16(6-2)15-10)8-14-12(3,4)9-13/h7,14H,5-6,8-9H2,1-4H3. The first-order valence-electron chi connectivity index (χ1n) is 5.89. The predicted molar refractivity (Wildman–Crippen MR) is 68.9 cm³/mol. The Balaban J connectivity index is 2.69. The predicted octanol–water partition coefficient (Wildman–Crippen LogP) is 2.57. The largest absolute Gasteiger partial charge is 0.305 e. The van der Waals surface area contributed by atoms with Gasteiger partial charge in [-0.25, -0.2) is 0 Å². The molecule has 0 aromatic carbocycles. The second-order valence-corrected chi connectivity index (χ2v) is 4.93. The number of aryl methyl sites for hydroxylation is 2. The summed E-state index contributed by atoms with van der Waals surface area (Å²) in [4.78, 5) is 0.